The number of nitrogens with one attached hydrogen (secondary N) is 1. The average molecular weight is 492 g/mol. The molecule has 4 heterocycles. The number of nitrogens with two attached hydrogens (primary N) is 1. The van der Waals surface area contributed by atoms with E-state index >= 15 is 0 Å². The van der Waals surface area contributed by atoms with E-state index in [2.05, 4.69) is 32.1 Å². The number of pyridine rings is 2. The number of nitrogens with zero attached hydrogens (tertiary/aromatic N) is 5. The molecule has 0 bridgehead atoms. The summed E-state index contributed by atoms with van der Waals surface area (Å²) < 4.78 is 5.39. The van der Waals surface area contributed by atoms with Crippen LogP contribution in [0.2, 0.25) is 0 Å². The number of carbonyl (C=O) groups is 1. The summed E-state index contributed by atoms with van der Waals surface area (Å²) >= 11 is 1.69. The molecule has 0 saturated carbocycles. The predicted octanol–water partition coefficient (Wildman–Crippen LogP) is 3.66. The van der Waals surface area contributed by atoms with E-state index in [1.807, 2.05) is 30.5 Å². The molecule has 3 aromatic heterocycles. The maximum absolute atomic E-state index is 12.7. The van der Waals surface area contributed by atoms with Crippen molar-refractivity contribution >= 4 is 22.9 Å². The number of hydrogen-bond acceptors (Lipinski definition) is 9. The Morgan fingerprint density at radius 3 is 2.86 bits per heavy atom. The zero-order valence-electron chi connectivity index (χ0n) is 19.9. The summed E-state index contributed by atoms with van der Waals surface area (Å²) in [5, 5.41) is 13.2. The molecule has 1 fully saturated rings. The molecule has 1 amide bonds. The molecule has 0 aliphatic carbocycles. The number of ether oxygens (including phenoxy) is 1. The van der Waals surface area contributed by atoms with Gasteiger partial charge in [0.2, 0.25) is 5.88 Å². The Bertz CT molecular complexity index is 1200. The van der Waals surface area contributed by atoms with Gasteiger partial charge in [0.05, 0.1) is 18.0 Å². The molecule has 9 nitrogen and oxygen atoms in total. The molecule has 35 heavy (non-hydrogen) atoms. The summed E-state index contributed by atoms with van der Waals surface area (Å²) in [5.74, 6) is 0.163. The molecule has 1 atom stereocenters. The molecule has 4 rings (SSSR count). The number of aromatic nitrogens is 3. The number of carbonyl (C=O) groups excluding carboxylic acids is 1. The Labute approximate surface area is 209 Å². The highest BCUT2D eigenvalue weighted by Gasteiger charge is 2.26. The van der Waals surface area contributed by atoms with E-state index in [4.69, 9.17) is 10.5 Å². The number of piperidine rings is 1. The molecule has 182 valence electrons. The summed E-state index contributed by atoms with van der Waals surface area (Å²) in [7, 11) is 0. The van der Waals surface area contributed by atoms with Gasteiger partial charge in [0.25, 0.3) is 5.91 Å². The second-order valence-corrected chi connectivity index (χ2v) is 9.53. The molecular formula is C25H29N7O2S. The van der Waals surface area contributed by atoms with Gasteiger partial charge in [-0.15, -0.1) is 11.3 Å². The Morgan fingerprint density at radius 2 is 2.17 bits per heavy atom. The molecule has 1 unspecified atom stereocenters. The van der Waals surface area contributed by atoms with Gasteiger partial charge in [-0.1, -0.05) is 6.07 Å². The van der Waals surface area contributed by atoms with Crippen LogP contribution in [-0.4, -0.2) is 52.0 Å². The van der Waals surface area contributed by atoms with Gasteiger partial charge in [-0.25, -0.2) is 9.97 Å². The van der Waals surface area contributed by atoms with Crippen LogP contribution in [0, 0.1) is 17.2 Å². The standard InChI is InChI=1S/C25H29N7O2S/c1-3-34-24-18(13-26)19(27)12-21(31-24)23(33)29-14-17-7-10-32(11-8-17)16(2)22-15-30-25(35-22)20-6-4-5-9-28-20/h4-6,9,12,15-17H,3,7-8,10-11,14H2,1-2H3,(H2,27,31)(H,29,33). The third kappa shape index (κ3) is 5.75. The quantitative estimate of drug-likeness (QED) is 0.488. The van der Waals surface area contributed by atoms with E-state index in [0.717, 1.165) is 36.6 Å². The van der Waals surface area contributed by atoms with Gasteiger partial charge in [0, 0.05) is 29.9 Å². The number of anilines is 1. The lowest BCUT2D eigenvalue weighted by Gasteiger charge is -2.35. The predicted molar refractivity (Wildman–Crippen MR) is 135 cm³/mol. The highest BCUT2D eigenvalue weighted by molar-refractivity contribution is 7.15. The van der Waals surface area contributed by atoms with Crippen molar-refractivity contribution in [2.45, 2.75) is 32.7 Å². The van der Waals surface area contributed by atoms with Crippen LogP contribution in [-0.2, 0) is 0 Å². The molecule has 1 aliphatic rings. The number of likely N-dealkylation sites (tertiary alicyclic amines) is 1. The molecule has 3 N–H and O–H groups in total. The SMILES string of the molecule is CCOc1nc(C(=O)NCC2CCN(C(C)c3cnc(-c4ccccn4)s3)CC2)cc(N)c1C#N. The summed E-state index contributed by atoms with van der Waals surface area (Å²) in [6.07, 6.45) is 5.72. The van der Waals surface area contributed by atoms with Crippen molar-refractivity contribution in [3.8, 4) is 22.7 Å². The zero-order valence-corrected chi connectivity index (χ0v) is 20.7. The smallest absolute Gasteiger partial charge is 0.270 e. The summed E-state index contributed by atoms with van der Waals surface area (Å²) in [6, 6.07) is 9.54. The molecule has 3 aromatic rings. The zero-order chi connectivity index (χ0) is 24.8. The Morgan fingerprint density at radius 1 is 1.37 bits per heavy atom. The summed E-state index contributed by atoms with van der Waals surface area (Å²) in [5.41, 5.74) is 7.33. The van der Waals surface area contributed by atoms with Crippen molar-refractivity contribution in [3.05, 3.63) is 52.8 Å². The van der Waals surface area contributed by atoms with Crippen molar-refractivity contribution in [2.24, 2.45) is 5.92 Å². The second kappa shape index (κ2) is 11.3. The first-order chi connectivity index (χ1) is 17.0. The lowest BCUT2D eigenvalue weighted by atomic mass is 9.95. The number of amides is 1. The maximum Gasteiger partial charge on any atom is 0.270 e. The van der Waals surface area contributed by atoms with Crippen LogP contribution in [0.15, 0.2) is 36.7 Å². The van der Waals surface area contributed by atoms with Gasteiger partial charge < -0.3 is 15.8 Å². The van der Waals surface area contributed by atoms with Crippen LogP contribution in [0.3, 0.4) is 0 Å². The fraction of sp³-hybridized carbons (Fsp3) is 0.400. The minimum atomic E-state index is -0.315. The summed E-state index contributed by atoms with van der Waals surface area (Å²) in [6.45, 7) is 6.80. The first-order valence-electron chi connectivity index (χ1n) is 11.7. The highest BCUT2D eigenvalue weighted by Crippen LogP contribution is 2.32. The van der Waals surface area contributed by atoms with Crippen molar-refractivity contribution < 1.29 is 9.53 Å². The fourth-order valence-electron chi connectivity index (χ4n) is 4.15. The third-order valence-electron chi connectivity index (χ3n) is 6.21. The Kier molecular flexibility index (Phi) is 7.90. The normalized spacial score (nSPS) is 15.3. The van der Waals surface area contributed by atoms with Crippen molar-refractivity contribution in [2.75, 3.05) is 32.0 Å². The lowest BCUT2D eigenvalue weighted by molar-refractivity contribution is 0.0921. The minimum absolute atomic E-state index is 0.0942. The monoisotopic (exact) mass is 491 g/mol. The first kappa shape index (κ1) is 24.6. The van der Waals surface area contributed by atoms with Crippen molar-refractivity contribution in [3.63, 3.8) is 0 Å². The number of thiazole rings is 1. The van der Waals surface area contributed by atoms with E-state index in [1.54, 1.807) is 24.5 Å². The number of nitriles is 1. The fourth-order valence-corrected chi connectivity index (χ4v) is 5.13. The van der Waals surface area contributed by atoms with Crippen molar-refractivity contribution in [1.29, 1.82) is 5.26 Å². The molecule has 1 aliphatic heterocycles. The van der Waals surface area contributed by atoms with Gasteiger partial charge in [0.1, 0.15) is 22.3 Å². The number of hydrogen-bond donors (Lipinski definition) is 2. The van der Waals surface area contributed by atoms with Crippen LogP contribution < -0.4 is 15.8 Å². The minimum Gasteiger partial charge on any atom is -0.477 e. The Balaban J connectivity index is 1.29. The van der Waals surface area contributed by atoms with E-state index in [1.165, 1.54) is 10.9 Å². The molecule has 0 radical (unpaired) electrons. The largest absolute Gasteiger partial charge is 0.477 e. The molecular weight excluding hydrogens is 462 g/mol. The van der Waals surface area contributed by atoms with Crippen molar-refractivity contribution in [1.82, 2.24) is 25.2 Å². The average Bonchev–Trinajstić information content (AvgIpc) is 3.38. The van der Waals surface area contributed by atoms with E-state index in [0.29, 0.717) is 19.1 Å². The first-order valence-corrected chi connectivity index (χ1v) is 12.5. The second-order valence-electron chi connectivity index (χ2n) is 8.47. The molecule has 0 aromatic carbocycles. The third-order valence-corrected chi connectivity index (χ3v) is 7.40. The van der Waals surface area contributed by atoms with Gasteiger partial charge in [0.15, 0.2) is 0 Å². The summed E-state index contributed by atoms with van der Waals surface area (Å²) in [4.78, 5) is 29.5. The van der Waals surface area contributed by atoms with Gasteiger partial charge in [-0.3, -0.25) is 14.7 Å². The topological polar surface area (TPSA) is 130 Å². The highest BCUT2D eigenvalue weighted by atomic mass is 32.1. The molecule has 0 spiro atoms. The lowest BCUT2D eigenvalue weighted by Crippen LogP contribution is -2.39. The maximum atomic E-state index is 12.7. The van der Waals surface area contributed by atoms with Crippen LogP contribution in [0.5, 0.6) is 5.88 Å². The van der Waals surface area contributed by atoms with Crippen LogP contribution >= 0.6 is 11.3 Å². The van der Waals surface area contributed by atoms with Gasteiger partial charge in [-0.2, -0.15) is 5.26 Å². The number of nitrogen functional groups attached to an aromatic ring is 1. The van der Waals surface area contributed by atoms with Crippen LogP contribution in [0.4, 0.5) is 5.69 Å². The number of rotatable bonds is 8. The van der Waals surface area contributed by atoms with Crippen LogP contribution in [0.25, 0.3) is 10.7 Å². The molecule has 1 saturated heterocycles. The van der Waals surface area contributed by atoms with Crippen LogP contribution in [0.1, 0.15) is 53.7 Å². The molecule has 10 heteroatoms. The van der Waals surface area contributed by atoms with E-state index < -0.39 is 0 Å². The van der Waals surface area contributed by atoms with Gasteiger partial charge >= 0.3 is 0 Å². The van der Waals surface area contributed by atoms with E-state index in [9.17, 15) is 10.1 Å². The van der Waals surface area contributed by atoms with Gasteiger partial charge in [-0.05, 0) is 63.9 Å². The van der Waals surface area contributed by atoms with E-state index in [-0.39, 0.29) is 34.8 Å². The Hall–Kier alpha value is -3.55.